The third kappa shape index (κ3) is 1.59. The van der Waals surface area contributed by atoms with Gasteiger partial charge in [0.2, 0.25) is 0 Å². The third-order valence-electron chi connectivity index (χ3n) is 3.08. The van der Waals surface area contributed by atoms with Gasteiger partial charge in [-0.15, -0.1) is 0 Å². The zero-order valence-corrected chi connectivity index (χ0v) is 10.5. The molecule has 0 aromatic heterocycles. The molecule has 0 unspecified atom stereocenters. The molecule has 88 valence electrons. The van der Waals surface area contributed by atoms with Crippen LogP contribution in [0.2, 0.25) is 5.02 Å². The minimum absolute atomic E-state index is 0.452. The number of methoxy groups -OCH3 is 1. The molecule has 0 amide bonds. The number of benzene rings is 1. The zero-order valence-electron chi connectivity index (χ0n) is 9.76. The van der Waals surface area contributed by atoms with Gasteiger partial charge in [0.1, 0.15) is 5.75 Å². The van der Waals surface area contributed by atoms with Gasteiger partial charge in [0, 0.05) is 10.6 Å². The van der Waals surface area contributed by atoms with Gasteiger partial charge in [-0.3, -0.25) is 0 Å². The monoisotopic (exact) mass is 241 g/mol. The van der Waals surface area contributed by atoms with Crippen LogP contribution in [0.5, 0.6) is 5.75 Å². The standard InChI is InChI=1S/C12H16ClNO2/c1-7-4-9(15-3)10(8(2)11(7)13)12(14)5-16-6-12/h4H,5-6,14H2,1-3H3. The Morgan fingerprint density at radius 2 is 2.06 bits per heavy atom. The molecular weight excluding hydrogens is 226 g/mol. The first kappa shape index (κ1) is 11.7. The molecule has 0 bridgehead atoms. The highest BCUT2D eigenvalue weighted by Crippen LogP contribution is 2.40. The van der Waals surface area contributed by atoms with Crippen molar-refractivity contribution in [1.29, 1.82) is 0 Å². The van der Waals surface area contributed by atoms with Crippen molar-refractivity contribution in [2.45, 2.75) is 19.4 Å². The largest absolute Gasteiger partial charge is 0.496 e. The number of hydrogen-bond acceptors (Lipinski definition) is 3. The maximum atomic E-state index is 6.26. The molecule has 0 radical (unpaired) electrons. The van der Waals surface area contributed by atoms with Crippen LogP contribution in [0.4, 0.5) is 0 Å². The van der Waals surface area contributed by atoms with Gasteiger partial charge in [-0.2, -0.15) is 0 Å². The molecule has 1 heterocycles. The zero-order chi connectivity index (χ0) is 11.9. The average Bonchev–Trinajstić information content (AvgIpc) is 2.22. The molecule has 1 aliphatic heterocycles. The lowest BCUT2D eigenvalue weighted by Crippen LogP contribution is -2.54. The number of halogens is 1. The van der Waals surface area contributed by atoms with Crippen LogP contribution in [-0.4, -0.2) is 20.3 Å². The van der Waals surface area contributed by atoms with E-state index in [0.717, 1.165) is 27.5 Å². The lowest BCUT2D eigenvalue weighted by atomic mass is 9.84. The van der Waals surface area contributed by atoms with Crippen molar-refractivity contribution in [3.05, 3.63) is 27.8 Å². The third-order valence-corrected chi connectivity index (χ3v) is 3.66. The van der Waals surface area contributed by atoms with Crippen molar-refractivity contribution < 1.29 is 9.47 Å². The van der Waals surface area contributed by atoms with Crippen molar-refractivity contribution in [2.24, 2.45) is 5.73 Å². The second kappa shape index (κ2) is 3.91. The van der Waals surface area contributed by atoms with Crippen LogP contribution in [0.1, 0.15) is 16.7 Å². The second-order valence-corrected chi connectivity index (χ2v) is 4.74. The lowest BCUT2D eigenvalue weighted by molar-refractivity contribution is -0.0581. The first-order valence-electron chi connectivity index (χ1n) is 5.20. The van der Waals surface area contributed by atoms with Gasteiger partial charge in [0.15, 0.2) is 0 Å². The summed E-state index contributed by atoms with van der Waals surface area (Å²) in [4.78, 5) is 0. The normalized spacial score (nSPS) is 18.1. The molecular formula is C12H16ClNO2. The maximum absolute atomic E-state index is 6.26. The predicted molar refractivity (Wildman–Crippen MR) is 64.2 cm³/mol. The molecule has 0 saturated carbocycles. The first-order chi connectivity index (χ1) is 7.49. The van der Waals surface area contributed by atoms with Crippen LogP contribution < -0.4 is 10.5 Å². The second-order valence-electron chi connectivity index (χ2n) is 4.36. The van der Waals surface area contributed by atoms with Crippen LogP contribution in [0, 0.1) is 13.8 Å². The summed E-state index contributed by atoms with van der Waals surface area (Å²) in [5.74, 6) is 0.796. The molecule has 0 atom stereocenters. The molecule has 2 N–H and O–H groups in total. The number of rotatable bonds is 2. The number of ether oxygens (including phenoxy) is 2. The van der Waals surface area contributed by atoms with E-state index in [1.807, 2.05) is 19.9 Å². The quantitative estimate of drug-likeness (QED) is 0.863. The van der Waals surface area contributed by atoms with Crippen LogP contribution in [0.3, 0.4) is 0 Å². The highest BCUT2D eigenvalue weighted by atomic mass is 35.5. The minimum atomic E-state index is -0.452. The highest BCUT2D eigenvalue weighted by molar-refractivity contribution is 6.32. The molecule has 2 rings (SSSR count). The molecule has 0 spiro atoms. The summed E-state index contributed by atoms with van der Waals surface area (Å²) >= 11 is 6.25. The van der Waals surface area contributed by atoms with Crippen molar-refractivity contribution in [3.8, 4) is 5.75 Å². The Kier molecular flexibility index (Phi) is 2.86. The summed E-state index contributed by atoms with van der Waals surface area (Å²) in [5.41, 5.74) is 8.77. The number of nitrogens with two attached hydrogens (primary N) is 1. The predicted octanol–water partition coefficient (Wildman–Crippen LogP) is 2.15. The Hall–Kier alpha value is -0.770. The van der Waals surface area contributed by atoms with Gasteiger partial charge in [-0.1, -0.05) is 11.6 Å². The van der Waals surface area contributed by atoms with Crippen LogP contribution in [0.25, 0.3) is 0 Å². The van der Waals surface area contributed by atoms with Gasteiger partial charge in [0.25, 0.3) is 0 Å². The molecule has 1 saturated heterocycles. The van der Waals surface area contributed by atoms with Crippen molar-refractivity contribution in [1.82, 2.24) is 0 Å². The van der Waals surface area contributed by atoms with Crippen molar-refractivity contribution >= 4 is 11.6 Å². The van der Waals surface area contributed by atoms with E-state index in [4.69, 9.17) is 26.8 Å². The SMILES string of the molecule is COc1cc(C)c(Cl)c(C)c1C1(N)COC1. The smallest absolute Gasteiger partial charge is 0.124 e. The minimum Gasteiger partial charge on any atom is -0.496 e. The van der Waals surface area contributed by atoms with Crippen LogP contribution in [0.15, 0.2) is 6.07 Å². The first-order valence-corrected chi connectivity index (χ1v) is 5.58. The molecule has 1 fully saturated rings. The summed E-state index contributed by atoms with van der Waals surface area (Å²) in [7, 11) is 1.65. The van der Waals surface area contributed by atoms with Crippen LogP contribution in [-0.2, 0) is 10.3 Å². The van der Waals surface area contributed by atoms with Crippen molar-refractivity contribution in [2.75, 3.05) is 20.3 Å². The van der Waals surface area contributed by atoms with E-state index in [2.05, 4.69) is 0 Å². The lowest BCUT2D eigenvalue weighted by Gasteiger charge is -2.40. The summed E-state index contributed by atoms with van der Waals surface area (Å²) in [5, 5.41) is 0.757. The van der Waals surface area contributed by atoms with E-state index in [1.54, 1.807) is 7.11 Å². The highest BCUT2D eigenvalue weighted by Gasteiger charge is 2.40. The Balaban J connectivity index is 2.62. The fraction of sp³-hybridized carbons (Fsp3) is 0.500. The summed E-state index contributed by atoms with van der Waals surface area (Å²) in [6.07, 6.45) is 0. The van der Waals surface area contributed by atoms with Crippen LogP contribution >= 0.6 is 11.6 Å². The topological polar surface area (TPSA) is 44.5 Å². The fourth-order valence-corrected chi connectivity index (χ4v) is 2.32. The van der Waals surface area contributed by atoms with E-state index < -0.39 is 5.54 Å². The summed E-state index contributed by atoms with van der Waals surface area (Å²) in [6.45, 7) is 4.97. The van der Waals surface area contributed by atoms with Crippen molar-refractivity contribution in [3.63, 3.8) is 0 Å². The van der Waals surface area contributed by atoms with Gasteiger partial charge >= 0.3 is 0 Å². The Morgan fingerprint density at radius 3 is 2.50 bits per heavy atom. The summed E-state index contributed by atoms with van der Waals surface area (Å²) in [6, 6.07) is 1.93. The Bertz CT molecular complexity index is 428. The fourth-order valence-electron chi connectivity index (χ4n) is 2.17. The number of aryl methyl sites for hydroxylation is 1. The Labute approximate surface area is 100 Å². The molecule has 1 aromatic carbocycles. The van der Waals surface area contributed by atoms with E-state index in [-0.39, 0.29) is 0 Å². The van der Waals surface area contributed by atoms with Gasteiger partial charge in [-0.25, -0.2) is 0 Å². The molecule has 4 heteroatoms. The molecule has 1 aliphatic rings. The van der Waals surface area contributed by atoms with E-state index in [0.29, 0.717) is 13.2 Å². The number of hydrogen-bond donors (Lipinski definition) is 1. The van der Waals surface area contributed by atoms with E-state index in [1.165, 1.54) is 0 Å². The van der Waals surface area contributed by atoms with E-state index >= 15 is 0 Å². The van der Waals surface area contributed by atoms with Gasteiger partial charge < -0.3 is 15.2 Å². The molecule has 3 nitrogen and oxygen atoms in total. The molecule has 0 aliphatic carbocycles. The summed E-state index contributed by atoms with van der Waals surface area (Å²) < 4.78 is 10.6. The maximum Gasteiger partial charge on any atom is 0.124 e. The molecule has 1 aromatic rings. The average molecular weight is 242 g/mol. The van der Waals surface area contributed by atoms with Gasteiger partial charge in [0.05, 0.1) is 25.9 Å². The van der Waals surface area contributed by atoms with E-state index in [9.17, 15) is 0 Å². The Morgan fingerprint density at radius 1 is 1.44 bits per heavy atom. The van der Waals surface area contributed by atoms with Gasteiger partial charge in [-0.05, 0) is 31.0 Å². The molecule has 16 heavy (non-hydrogen) atoms.